The van der Waals surface area contributed by atoms with Crippen LogP contribution in [0.5, 0.6) is 0 Å². The summed E-state index contributed by atoms with van der Waals surface area (Å²) >= 11 is 0. The molecule has 2 aromatic rings. The van der Waals surface area contributed by atoms with Crippen molar-refractivity contribution in [2.75, 3.05) is 5.32 Å². The lowest BCUT2D eigenvalue weighted by atomic mass is 10.2. The van der Waals surface area contributed by atoms with E-state index in [2.05, 4.69) is 15.3 Å². The van der Waals surface area contributed by atoms with E-state index < -0.39 is 5.97 Å². The predicted octanol–water partition coefficient (Wildman–Crippen LogP) is 2.23. The van der Waals surface area contributed by atoms with E-state index in [1.54, 1.807) is 24.5 Å². The molecule has 0 aliphatic carbocycles. The van der Waals surface area contributed by atoms with Crippen LogP contribution in [0.2, 0.25) is 0 Å². The van der Waals surface area contributed by atoms with Gasteiger partial charge in [0.15, 0.2) is 5.69 Å². The number of anilines is 2. The Hall–Kier alpha value is -2.43. The second kappa shape index (κ2) is 4.61. The first kappa shape index (κ1) is 11.1. The third-order valence-corrected chi connectivity index (χ3v) is 2.27. The van der Waals surface area contributed by atoms with Gasteiger partial charge in [-0.1, -0.05) is 6.07 Å². The molecule has 0 aliphatic heterocycles. The minimum absolute atomic E-state index is 0.0107. The first-order valence-electron chi connectivity index (χ1n) is 5.05. The van der Waals surface area contributed by atoms with E-state index in [1.165, 1.54) is 6.07 Å². The van der Waals surface area contributed by atoms with Crippen LogP contribution in [-0.2, 0) is 0 Å². The molecule has 2 rings (SSSR count). The highest BCUT2D eigenvalue weighted by Crippen LogP contribution is 2.17. The van der Waals surface area contributed by atoms with E-state index in [-0.39, 0.29) is 5.69 Å². The quantitative estimate of drug-likeness (QED) is 0.844. The largest absolute Gasteiger partial charge is 0.477 e. The van der Waals surface area contributed by atoms with Crippen molar-refractivity contribution in [2.24, 2.45) is 0 Å². The summed E-state index contributed by atoms with van der Waals surface area (Å²) in [6.45, 7) is 1.94. The number of hydrogen-bond acceptors (Lipinski definition) is 4. The van der Waals surface area contributed by atoms with Gasteiger partial charge in [0.1, 0.15) is 5.82 Å². The summed E-state index contributed by atoms with van der Waals surface area (Å²) in [5.41, 5.74) is 1.83. The number of carboxylic acid groups (broad SMARTS) is 1. The number of nitrogens with zero attached hydrogens (tertiary/aromatic N) is 2. The normalized spacial score (nSPS) is 9.94. The predicted molar refractivity (Wildman–Crippen MR) is 63.5 cm³/mol. The van der Waals surface area contributed by atoms with E-state index in [9.17, 15) is 4.79 Å². The van der Waals surface area contributed by atoms with Crippen LogP contribution < -0.4 is 5.32 Å². The molecular weight excluding hydrogens is 218 g/mol. The molecule has 5 nitrogen and oxygen atoms in total. The van der Waals surface area contributed by atoms with Gasteiger partial charge in [0.05, 0.1) is 11.9 Å². The van der Waals surface area contributed by atoms with Gasteiger partial charge >= 0.3 is 5.97 Å². The lowest BCUT2D eigenvalue weighted by Gasteiger charge is -2.07. The Morgan fingerprint density at radius 2 is 2.18 bits per heavy atom. The Kier molecular flexibility index (Phi) is 3.00. The fraction of sp³-hybridized carbons (Fsp3) is 0.0833. The third-order valence-electron chi connectivity index (χ3n) is 2.27. The van der Waals surface area contributed by atoms with Gasteiger partial charge < -0.3 is 10.4 Å². The van der Waals surface area contributed by atoms with Gasteiger partial charge in [0.2, 0.25) is 0 Å². The zero-order chi connectivity index (χ0) is 12.3. The van der Waals surface area contributed by atoms with Gasteiger partial charge in [-0.05, 0) is 30.7 Å². The Labute approximate surface area is 98.2 Å². The Morgan fingerprint density at radius 1 is 1.35 bits per heavy atom. The first-order valence-corrected chi connectivity index (χ1v) is 5.05. The smallest absolute Gasteiger partial charge is 0.354 e. The van der Waals surface area contributed by atoms with Crippen molar-refractivity contribution in [3.63, 3.8) is 0 Å². The molecule has 17 heavy (non-hydrogen) atoms. The molecule has 0 amide bonds. The number of aromatic nitrogens is 2. The molecule has 0 aromatic carbocycles. The van der Waals surface area contributed by atoms with Gasteiger partial charge in [-0.3, -0.25) is 4.98 Å². The Morgan fingerprint density at radius 3 is 2.88 bits per heavy atom. The molecule has 5 heteroatoms. The van der Waals surface area contributed by atoms with Gasteiger partial charge in [-0.25, -0.2) is 9.78 Å². The van der Waals surface area contributed by atoms with E-state index >= 15 is 0 Å². The van der Waals surface area contributed by atoms with Crippen molar-refractivity contribution in [1.29, 1.82) is 0 Å². The molecule has 0 unspecified atom stereocenters. The van der Waals surface area contributed by atoms with Crippen LogP contribution in [0.1, 0.15) is 16.1 Å². The maximum Gasteiger partial charge on any atom is 0.354 e. The molecule has 0 fully saturated rings. The average molecular weight is 229 g/mol. The second-order valence-corrected chi connectivity index (χ2v) is 3.53. The number of hydrogen-bond donors (Lipinski definition) is 2. The van der Waals surface area contributed by atoms with Crippen LogP contribution in [0, 0.1) is 6.92 Å². The molecule has 0 bridgehead atoms. The van der Waals surface area contributed by atoms with Crippen molar-refractivity contribution in [3.8, 4) is 0 Å². The van der Waals surface area contributed by atoms with Crippen LogP contribution in [0.3, 0.4) is 0 Å². The van der Waals surface area contributed by atoms with E-state index in [0.29, 0.717) is 5.82 Å². The fourth-order valence-corrected chi connectivity index (χ4v) is 1.36. The standard InChI is InChI=1S/C12H11N3O2/c1-8-5-6-13-7-10(8)15-11-4-2-3-9(14-11)12(16)17/h2-7H,1H3,(H,14,15)(H,16,17). The van der Waals surface area contributed by atoms with E-state index in [4.69, 9.17) is 5.11 Å². The monoisotopic (exact) mass is 229 g/mol. The molecule has 2 aromatic heterocycles. The molecule has 0 atom stereocenters. The molecule has 2 N–H and O–H groups in total. The number of carbonyl (C=O) groups is 1. The summed E-state index contributed by atoms with van der Waals surface area (Å²) < 4.78 is 0. The zero-order valence-electron chi connectivity index (χ0n) is 9.21. The molecule has 0 aliphatic rings. The SMILES string of the molecule is Cc1ccncc1Nc1cccc(C(=O)O)n1. The van der Waals surface area contributed by atoms with Crippen molar-refractivity contribution >= 4 is 17.5 Å². The van der Waals surface area contributed by atoms with Crippen LogP contribution >= 0.6 is 0 Å². The van der Waals surface area contributed by atoms with E-state index in [0.717, 1.165) is 11.3 Å². The van der Waals surface area contributed by atoms with Crippen molar-refractivity contribution in [1.82, 2.24) is 9.97 Å². The summed E-state index contributed by atoms with van der Waals surface area (Å²) in [5, 5.41) is 11.9. The number of aryl methyl sites for hydroxylation is 1. The first-order chi connectivity index (χ1) is 8.16. The Balaban J connectivity index is 2.28. The van der Waals surface area contributed by atoms with Crippen molar-refractivity contribution in [3.05, 3.63) is 47.9 Å². The molecule has 0 radical (unpaired) electrons. The van der Waals surface area contributed by atoms with Crippen molar-refractivity contribution < 1.29 is 9.90 Å². The highest BCUT2D eigenvalue weighted by atomic mass is 16.4. The van der Waals surface area contributed by atoms with Gasteiger partial charge in [0.25, 0.3) is 0 Å². The minimum Gasteiger partial charge on any atom is -0.477 e. The number of nitrogens with one attached hydrogen (secondary N) is 1. The summed E-state index contributed by atoms with van der Waals surface area (Å²) in [6.07, 6.45) is 3.37. The molecule has 0 spiro atoms. The molecule has 86 valence electrons. The van der Waals surface area contributed by atoms with E-state index in [1.807, 2.05) is 13.0 Å². The van der Waals surface area contributed by atoms with Crippen molar-refractivity contribution in [2.45, 2.75) is 6.92 Å². The fourth-order valence-electron chi connectivity index (χ4n) is 1.36. The maximum absolute atomic E-state index is 10.8. The van der Waals surface area contributed by atoms with Crippen LogP contribution in [0.15, 0.2) is 36.7 Å². The molecule has 0 saturated heterocycles. The highest BCUT2D eigenvalue weighted by Gasteiger charge is 2.05. The third kappa shape index (κ3) is 2.57. The summed E-state index contributed by atoms with van der Waals surface area (Å²) in [4.78, 5) is 18.7. The summed E-state index contributed by atoms with van der Waals surface area (Å²) in [7, 11) is 0. The second-order valence-electron chi connectivity index (χ2n) is 3.53. The van der Waals surface area contributed by atoms with Crippen LogP contribution in [0.25, 0.3) is 0 Å². The highest BCUT2D eigenvalue weighted by molar-refractivity contribution is 5.85. The average Bonchev–Trinajstić information content (AvgIpc) is 2.32. The number of pyridine rings is 2. The van der Waals surface area contributed by atoms with Gasteiger partial charge in [0, 0.05) is 6.20 Å². The Bertz CT molecular complexity index is 555. The molecule has 2 heterocycles. The maximum atomic E-state index is 10.8. The number of aromatic carboxylic acids is 1. The summed E-state index contributed by atoms with van der Waals surface area (Å²) in [6, 6.07) is 6.66. The van der Waals surface area contributed by atoms with Gasteiger partial charge in [-0.15, -0.1) is 0 Å². The number of carboxylic acids is 1. The molecular formula is C12H11N3O2. The lowest BCUT2D eigenvalue weighted by Crippen LogP contribution is -2.03. The topological polar surface area (TPSA) is 75.1 Å². The minimum atomic E-state index is -1.04. The molecule has 0 saturated carbocycles. The van der Waals surface area contributed by atoms with Crippen LogP contribution in [0.4, 0.5) is 11.5 Å². The summed E-state index contributed by atoms with van der Waals surface area (Å²) in [5.74, 6) is -0.558. The van der Waals surface area contributed by atoms with Crippen LogP contribution in [-0.4, -0.2) is 21.0 Å². The van der Waals surface area contributed by atoms with Gasteiger partial charge in [-0.2, -0.15) is 0 Å². The zero-order valence-corrected chi connectivity index (χ0v) is 9.21. The number of rotatable bonds is 3. The lowest BCUT2D eigenvalue weighted by molar-refractivity contribution is 0.0690.